The Morgan fingerprint density at radius 3 is 2.32 bits per heavy atom. The molecule has 0 spiro atoms. The predicted octanol–water partition coefficient (Wildman–Crippen LogP) is 2.85. The van der Waals surface area contributed by atoms with E-state index >= 15 is 0 Å². The number of hydrogen-bond acceptors (Lipinski definition) is 2. The van der Waals surface area contributed by atoms with E-state index in [9.17, 15) is 17.3 Å². The Bertz CT molecular complexity index is 556. The van der Waals surface area contributed by atoms with Crippen LogP contribution < -0.4 is 10.2 Å². The highest BCUT2D eigenvalue weighted by molar-refractivity contribution is 6.73. The quantitative estimate of drug-likeness (QED) is 0.629. The summed E-state index contributed by atoms with van der Waals surface area (Å²) < 4.78 is 55.2. The Kier molecular flexibility index (Phi) is 3.73. The summed E-state index contributed by atoms with van der Waals surface area (Å²) in [5.41, 5.74) is -0.177. The highest BCUT2D eigenvalue weighted by atomic mass is 19.4. The first-order chi connectivity index (χ1) is 8.95. The van der Waals surface area contributed by atoms with Crippen molar-refractivity contribution in [2.45, 2.75) is 6.61 Å². The van der Waals surface area contributed by atoms with E-state index in [-0.39, 0.29) is 12.4 Å². The molecule has 1 aromatic carbocycles. The van der Waals surface area contributed by atoms with Crippen molar-refractivity contribution in [2.75, 3.05) is 0 Å². The summed E-state index contributed by atoms with van der Waals surface area (Å²) in [5.74, 6) is -0.204. The lowest BCUT2D eigenvalue weighted by atomic mass is 9.80. The van der Waals surface area contributed by atoms with E-state index in [1.54, 1.807) is 0 Å². The Balaban J connectivity index is 2.01. The van der Waals surface area contributed by atoms with Gasteiger partial charge in [-0.1, -0.05) is 12.1 Å². The van der Waals surface area contributed by atoms with Gasteiger partial charge in [-0.2, -0.15) is 0 Å². The minimum atomic E-state index is -5.00. The van der Waals surface area contributed by atoms with E-state index in [0.717, 1.165) is 18.3 Å². The molecule has 0 fully saturated rings. The van der Waals surface area contributed by atoms with Crippen molar-refractivity contribution >= 4 is 12.4 Å². The predicted molar refractivity (Wildman–Crippen MR) is 63.7 cm³/mol. The van der Waals surface area contributed by atoms with Crippen LogP contribution in [0.1, 0.15) is 5.56 Å². The molecular weight excluding hydrogens is 261 g/mol. The fourth-order valence-corrected chi connectivity index (χ4v) is 1.48. The molecule has 19 heavy (non-hydrogen) atoms. The van der Waals surface area contributed by atoms with Gasteiger partial charge in [-0.25, -0.2) is 4.39 Å². The third-order valence-corrected chi connectivity index (χ3v) is 2.43. The van der Waals surface area contributed by atoms with Gasteiger partial charge in [0.05, 0.1) is 6.20 Å². The van der Waals surface area contributed by atoms with Crippen LogP contribution in [0.5, 0.6) is 5.75 Å². The summed E-state index contributed by atoms with van der Waals surface area (Å²) >= 11 is 0. The number of halogens is 4. The maximum atomic E-state index is 12.8. The number of aromatic nitrogens is 1. The van der Waals surface area contributed by atoms with Crippen molar-refractivity contribution in [3.05, 3.63) is 54.1 Å². The van der Waals surface area contributed by atoms with Gasteiger partial charge in [-0.3, -0.25) is 4.98 Å². The van der Waals surface area contributed by atoms with Gasteiger partial charge >= 0.3 is 6.98 Å². The minimum Gasteiger partial charge on any atom is -0.489 e. The zero-order chi connectivity index (χ0) is 13.9. The lowest BCUT2D eigenvalue weighted by Crippen LogP contribution is -2.33. The molecule has 0 amide bonds. The minimum absolute atomic E-state index is 0.0429. The van der Waals surface area contributed by atoms with Crippen molar-refractivity contribution in [1.29, 1.82) is 0 Å². The largest absolute Gasteiger partial charge is 0.509 e. The number of hydrogen-bond donors (Lipinski definition) is 0. The summed E-state index contributed by atoms with van der Waals surface area (Å²) in [6, 6.07) is 5.63. The molecule has 2 nitrogen and oxygen atoms in total. The molecule has 2 rings (SSSR count). The zero-order valence-electron chi connectivity index (χ0n) is 9.69. The lowest BCUT2D eigenvalue weighted by Gasteiger charge is -2.15. The van der Waals surface area contributed by atoms with E-state index in [4.69, 9.17) is 4.74 Å². The number of nitrogens with zero attached hydrogens (tertiary/aromatic N) is 1. The number of rotatable bonds is 4. The highest BCUT2D eigenvalue weighted by Crippen LogP contribution is 2.15. The number of benzene rings is 1. The molecule has 0 unspecified atom stereocenters. The van der Waals surface area contributed by atoms with Gasteiger partial charge in [0.25, 0.3) is 0 Å². The molecule has 0 aliphatic carbocycles. The average molecular weight is 270 g/mol. The van der Waals surface area contributed by atoms with E-state index in [1.165, 1.54) is 24.4 Å². The number of ether oxygens (including phenoxy) is 1. The second kappa shape index (κ2) is 5.30. The molecule has 1 heterocycles. The van der Waals surface area contributed by atoms with Gasteiger partial charge < -0.3 is 17.7 Å². The van der Waals surface area contributed by atoms with Gasteiger partial charge in [0.1, 0.15) is 18.2 Å². The summed E-state index contributed by atoms with van der Waals surface area (Å²) in [7, 11) is 0. The molecule has 1 aromatic heterocycles. The third kappa shape index (κ3) is 3.71. The summed E-state index contributed by atoms with van der Waals surface area (Å²) in [6.45, 7) is -4.96. The van der Waals surface area contributed by atoms with Crippen LogP contribution in [-0.4, -0.2) is 12.0 Å². The molecule has 2 aromatic rings. The molecule has 0 aliphatic rings. The number of pyridine rings is 1. The smallest absolute Gasteiger partial charge is 0.489 e. The standard InChI is InChI=1S/C12H9BF4NO/c14-11-5-9(6-18-7-11)8-19-12-3-1-10(2-4-12)13(15,16)17/h1-7H,8H2/q-1. The molecule has 7 heteroatoms. The van der Waals surface area contributed by atoms with Gasteiger partial charge in [-0.05, 0) is 18.2 Å². The second-order valence-corrected chi connectivity index (χ2v) is 3.94. The van der Waals surface area contributed by atoms with E-state index in [2.05, 4.69) is 4.98 Å². The summed E-state index contributed by atoms with van der Waals surface area (Å²) in [6.07, 6.45) is 2.49. The van der Waals surface area contributed by atoms with Crippen molar-refractivity contribution in [1.82, 2.24) is 4.98 Å². The SMILES string of the molecule is Fc1cncc(COc2ccc([B-](F)(F)F)cc2)c1. The molecule has 0 radical (unpaired) electrons. The van der Waals surface area contributed by atoms with Gasteiger partial charge in [0, 0.05) is 11.8 Å². The average Bonchev–Trinajstić information content (AvgIpc) is 2.36. The monoisotopic (exact) mass is 270 g/mol. The first kappa shape index (κ1) is 13.4. The van der Waals surface area contributed by atoms with E-state index in [0.29, 0.717) is 5.56 Å². The van der Waals surface area contributed by atoms with Crippen LogP contribution in [0.2, 0.25) is 0 Å². The Morgan fingerprint density at radius 2 is 1.74 bits per heavy atom. The van der Waals surface area contributed by atoms with E-state index < -0.39 is 18.3 Å². The molecule has 0 aliphatic heterocycles. The maximum Gasteiger partial charge on any atom is 0.509 e. The van der Waals surface area contributed by atoms with Crippen molar-refractivity contribution in [2.24, 2.45) is 0 Å². The fourth-order valence-electron chi connectivity index (χ4n) is 1.48. The fraction of sp³-hybridized carbons (Fsp3) is 0.0833. The molecule has 0 saturated carbocycles. The second-order valence-electron chi connectivity index (χ2n) is 3.94. The van der Waals surface area contributed by atoms with Crippen LogP contribution in [0.25, 0.3) is 0 Å². The summed E-state index contributed by atoms with van der Waals surface area (Å²) in [5, 5.41) is 0. The van der Waals surface area contributed by atoms with Crippen molar-refractivity contribution < 1.29 is 22.1 Å². The molecular formula is C12H9BF4NO-. The molecule has 100 valence electrons. The van der Waals surface area contributed by atoms with Crippen molar-refractivity contribution in [3.63, 3.8) is 0 Å². The zero-order valence-corrected chi connectivity index (χ0v) is 9.69. The Hall–Kier alpha value is -2.05. The van der Waals surface area contributed by atoms with Crippen molar-refractivity contribution in [3.8, 4) is 5.75 Å². The van der Waals surface area contributed by atoms with Crippen LogP contribution in [0.4, 0.5) is 17.3 Å². The first-order valence-electron chi connectivity index (χ1n) is 5.47. The molecule has 0 atom stereocenters. The van der Waals surface area contributed by atoms with Gasteiger partial charge in [0.2, 0.25) is 0 Å². The van der Waals surface area contributed by atoms with Crippen LogP contribution in [0, 0.1) is 5.82 Å². The van der Waals surface area contributed by atoms with Crippen LogP contribution in [-0.2, 0) is 6.61 Å². The molecule has 0 N–H and O–H groups in total. The highest BCUT2D eigenvalue weighted by Gasteiger charge is 2.24. The van der Waals surface area contributed by atoms with Gasteiger partial charge in [0.15, 0.2) is 0 Å². The molecule has 0 bridgehead atoms. The Labute approximate surface area is 107 Å². The summed E-state index contributed by atoms with van der Waals surface area (Å²) in [4.78, 5) is 3.64. The Morgan fingerprint density at radius 1 is 1.05 bits per heavy atom. The van der Waals surface area contributed by atoms with E-state index in [1.807, 2.05) is 0 Å². The first-order valence-corrected chi connectivity index (χ1v) is 5.47. The maximum absolute atomic E-state index is 12.8. The van der Waals surface area contributed by atoms with Gasteiger partial charge in [-0.15, -0.1) is 5.46 Å². The topological polar surface area (TPSA) is 22.1 Å². The van der Waals surface area contributed by atoms with Crippen LogP contribution in [0.3, 0.4) is 0 Å². The molecule has 0 saturated heterocycles. The lowest BCUT2D eigenvalue weighted by molar-refractivity contribution is 0.305. The third-order valence-electron chi connectivity index (χ3n) is 2.43. The van der Waals surface area contributed by atoms with Crippen LogP contribution >= 0.6 is 0 Å². The van der Waals surface area contributed by atoms with Crippen LogP contribution in [0.15, 0.2) is 42.7 Å². The normalized spacial score (nSPS) is 11.4.